The number of aromatic nitrogens is 3. The number of likely N-dealkylation sites (tertiary alicyclic amines) is 1. The van der Waals surface area contributed by atoms with Gasteiger partial charge in [-0.1, -0.05) is 6.07 Å². The van der Waals surface area contributed by atoms with Crippen molar-refractivity contribution >= 4 is 17.6 Å². The van der Waals surface area contributed by atoms with Gasteiger partial charge in [0.25, 0.3) is 0 Å². The van der Waals surface area contributed by atoms with Gasteiger partial charge in [0, 0.05) is 18.8 Å². The molecule has 1 unspecified atom stereocenters. The van der Waals surface area contributed by atoms with Crippen molar-refractivity contribution in [2.45, 2.75) is 25.8 Å². The van der Waals surface area contributed by atoms with Gasteiger partial charge in [0.1, 0.15) is 11.5 Å². The van der Waals surface area contributed by atoms with E-state index >= 15 is 0 Å². The molecule has 1 amide bonds. The third kappa shape index (κ3) is 2.60. The second-order valence-electron chi connectivity index (χ2n) is 5.96. The lowest BCUT2D eigenvalue weighted by atomic mass is 10.2. The first-order valence-corrected chi connectivity index (χ1v) is 8.07. The Balaban J connectivity index is 1.58. The van der Waals surface area contributed by atoms with Crippen LogP contribution in [0.3, 0.4) is 0 Å². The third-order valence-corrected chi connectivity index (χ3v) is 4.33. The first-order valence-electron chi connectivity index (χ1n) is 8.07. The Morgan fingerprint density at radius 1 is 1.29 bits per heavy atom. The summed E-state index contributed by atoms with van der Waals surface area (Å²) in [6.07, 6.45) is 7.08. The van der Waals surface area contributed by atoms with E-state index in [0.29, 0.717) is 5.76 Å². The summed E-state index contributed by atoms with van der Waals surface area (Å²) in [4.78, 5) is 14.5. The average Bonchev–Trinajstić information content (AvgIpc) is 3.31. The molecule has 3 aromatic heterocycles. The summed E-state index contributed by atoms with van der Waals surface area (Å²) in [7, 11) is 0. The van der Waals surface area contributed by atoms with Crippen molar-refractivity contribution in [3.8, 4) is 0 Å². The van der Waals surface area contributed by atoms with Gasteiger partial charge in [0.05, 0.1) is 6.04 Å². The molecule has 3 aromatic rings. The minimum Gasteiger partial charge on any atom is -0.462 e. The van der Waals surface area contributed by atoms with E-state index in [-0.39, 0.29) is 11.9 Å². The van der Waals surface area contributed by atoms with Crippen LogP contribution in [0.5, 0.6) is 0 Å². The van der Waals surface area contributed by atoms with Crippen molar-refractivity contribution in [3.05, 3.63) is 59.9 Å². The highest BCUT2D eigenvalue weighted by Gasteiger charge is 2.32. The third-order valence-electron chi connectivity index (χ3n) is 4.33. The van der Waals surface area contributed by atoms with Gasteiger partial charge in [-0.05, 0) is 50.1 Å². The van der Waals surface area contributed by atoms with Gasteiger partial charge in [-0.15, -0.1) is 10.2 Å². The Kier molecular flexibility index (Phi) is 3.65. The molecule has 1 aliphatic heterocycles. The van der Waals surface area contributed by atoms with Crippen LogP contribution in [0.15, 0.2) is 47.0 Å². The Hall–Kier alpha value is -2.89. The number of pyridine rings is 1. The normalized spacial score (nSPS) is 18.0. The second-order valence-corrected chi connectivity index (χ2v) is 5.96. The van der Waals surface area contributed by atoms with Crippen LogP contribution in [0.25, 0.3) is 11.7 Å². The summed E-state index contributed by atoms with van der Waals surface area (Å²) in [5, 5.41) is 8.50. The van der Waals surface area contributed by atoms with Gasteiger partial charge in [-0.3, -0.25) is 9.20 Å². The molecular weight excluding hydrogens is 304 g/mol. The SMILES string of the molecule is Cc1ccc(C=CC(=O)N2CCCC2c2nnc3ccccn23)o1. The molecule has 6 heteroatoms. The fourth-order valence-corrected chi connectivity index (χ4v) is 3.18. The molecule has 4 rings (SSSR count). The van der Waals surface area contributed by atoms with Gasteiger partial charge in [-0.25, -0.2) is 0 Å². The van der Waals surface area contributed by atoms with Crippen molar-refractivity contribution in [2.75, 3.05) is 6.54 Å². The van der Waals surface area contributed by atoms with Crippen LogP contribution in [-0.4, -0.2) is 31.9 Å². The molecule has 0 spiro atoms. The quantitative estimate of drug-likeness (QED) is 0.695. The number of carbonyl (C=O) groups excluding carboxylic acids is 1. The van der Waals surface area contributed by atoms with E-state index < -0.39 is 0 Å². The molecule has 0 aliphatic carbocycles. The topological polar surface area (TPSA) is 63.6 Å². The first-order chi connectivity index (χ1) is 11.7. The zero-order valence-electron chi connectivity index (χ0n) is 13.4. The maximum absolute atomic E-state index is 12.6. The highest BCUT2D eigenvalue weighted by atomic mass is 16.3. The molecule has 1 saturated heterocycles. The number of hydrogen-bond donors (Lipinski definition) is 0. The number of nitrogens with zero attached hydrogens (tertiary/aromatic N) is 4. The number of carbonyl (C=O) groups is 1. The summed E-state index contributed by atoms with van der Waals surface area (Å²) < 4.78 is 7.42. The van der Waals surface area contributed by atoms with Crippen LogP contribution in [0, 0.1) is 6.92 Å². The summed E-state index contributed by atoms with van der Waals surface area (Å²) >= 11 is 0. The van der Waals surface area contributed by atoms with E-state index in [0.717, 1.165) is 36.6 Å². The minimum absolute atomic E-state index is 0.0285. The van der Waals surface area contributed by atoms with Crippen molar-refractivity contribution < 1.29 is 9.21 Å². The first kappa shape index (κ1) is 14.7. The molecule has 0 N–H and O–H groups in total. The van der Waals surface area contributed by atoms with Crippen molar-refractivity contribution in [3.63, 3.8) is 0 Å². The molecule has 1 atom stereocenters. The molecule has 1 fully saturated rings. The molecule has 0 saturated carbocycles. The fraction of sp³-hybridized carbons (Fsp3) is 0.278. The van der Waals surface area contributed by atoms with Crippen LogP contribution in [0.2, 0.25) is 0 Å². The molecule has 1 aliphatic rings. The van der Waals surface area contributed by atoms with Gasteiger partial charge >= 0.3 is 0 Å². The zero-order valence-corrected chi connectivity index (χ0v) is 13.4. The van der Waals surface area contributed by atoms with E-state index in [4.69, 9.17) is 4.42 Å². The summed E-state index contributed by atoms with van der Waals surface area (Å²) in [6, 6.07) is 9.48. The number of rotatable bonds is 3. The van der Waals surface area contributed by atoms with Crippen LogP contribution < -0.4 is 0 Å². The Bertz CT molecular complexity index is 909. The molecule has 0 bridgehead atoms. The van der Waals surface area contributed by atoms with Gasteiger partial charge in [0.2, 0.25) is 5.91 Å². The molecule has 0 aromatic carbocycles. The summed E-state index contributed by atoms with van der Waals surface area (Å²) in [5.41, 5.74) is 0.799. The number of fused-ring (bicyclic) bond motifs is 1. The van der Waals surface area contributed by atoms with Crippen LogP contribution in [0.4, 0.5) is 0 Å². The highest BCUT2D eigenvalue weighted by Crippen LogP contribution is 2.31. The lowest BCUT2D eigenvalue weighted by Gasteiger charge is -2.22. The number of hydrogen-bond acceptors (Lipinski definition) is 4. The van der Waals surface area contributed by atoms with E-state index in [1.54, 1.807) is 12.2 Å². The Morgan fingerprint density at radius 2 is 2.21 bits per heavy atom. The number of aryl methyl sites for hydroxylation is 1. The standard InChI is InChI=1S/C18H18N4O2/c1-13-7-8-14(24-13)9-10-17(23)21-12-4-5-15(21)18-20-19-16-6-2-3-11-22(16)18/h2-3,6-11,15H,4-5,12H2,1H3. The van der Waals surface area contributed by atoms with E-state index in [1.165, 1.54) is 0 Å². The monoisotopic (exact) mass is 322 g/mol. The predicted molar refractivity (Wildman–Crippen MR) is 89.2 cm³/mol. The molecule has 0 radical (unpaired) electrons. The van der Waals surface area contributed by atoms with Crippen LogP contribution >= 0.6 is 0 Å². The molecular formula is C18H18N4O2. The van der Waals surface area contributed by atoms with Crippen LogP contribution in [-0.2, 0) is 4.79 Å². The minimum atomic E-state index is -0.0436. The van der Waals surface area contributed by atoms with E-state index in [9.17, 15) is 4.79 Å². The van der Waals surface area contributed by atoms with Crippen molar-refractivity contribution in [2.24, 2.45) is 0 Å². The van der Waals surface area contributed by atoms with Gasteiger partial charge in [-0.2, -0.15) is 0 Å². The van der Waals surface area contributed by atoms with E-state index in [1.807, 2.05) is 52.8 Å². The lowest BCUT2D eigenvalue weighted by Crippen LogP contribution is -2.30. The Morgan fingerprint density at radius 3 is 3.04 bits per heavy atom. The highest BCUT2D eigenvalue weighted by molar-refractivity contribution is 5.91. The number of amides is 1. The second kappa shape index (κ2) is 5.96. The number of furan rings is 1. The summed E-state index contributed by atoms with van der Waals surface area (Å²) in [6.45, 7) is 2.61. The van der Waals surface area contributed by atoms with Gasteiger partial charge < -0.3 is 9.32 Å². The smallest absolute Gasteiger partial charge is 0.247 e. The molecule has 122 valence electrons. The fourth-order valence-electron chi connectivity index (χ4n) is 3.18. The maximum Gasteiger partial charge on any atom is 0.247 e. The Labute approximate surface area is 139 Å². The zero-order chi connectivity index (χ0) is 16.5. The molecule has 6 nitrogen and oxygen atoms in total. The average molecular weight is 322 g/mol. The van der Waals surface area contributed by atoms with Crippen LogP contribution in [0.1, 0.15) is 36.2 Å². The molecule has 4 heterocycles. The summed E-state index contributed by atoms with van der Waals surface area (Å²) in [5.74, 6) is 2.30. The lowest BCUT2D eigenvalue weighted by molar-refractivity contribution is -0.127. The maximum atomic E-state index is 12.6. The van der Waals surface area contributed by atoms with Crippen molar-refractivity contribution in [1.82, 2.24) is 19.5 Å². The van der Waals surface area contributed by atoms with Crippen molar-refractivity contribution in [1.29, 1.82) is 0 Å². The predicted octanol–water partition coefficient (Wildman–Crippen LogP) is 3.01. The van der Waals surface area contributed by atoms with Gasteiger partial charge in [0.15, 0.2) is 11.5 Å². The molecule has 24 heavy (non-hydrogen) atoms. The van der Waals surface area contributed by atoms with E-state index in [2.05, 4.69) is 10.2 Å². The largest absolute Gasteiger partial charge is 0.462 e.